The Kier molecular flexibility index (Phi) is 4.51. The molecule has 0 radical (unpaired) electrons. The van der Waals surface area contributed by atoms with E-state index in [-0.39, 0.29) is 17.2 Å². The lowest BCUT2D eigenvalue weighted by Gasteiger charge is -1.87. The Morgan fingerprint density at radius 1 is 1.50 bits per heavy atom. The normalized spacial score (nSPS) is 8.67. The second-order valence-electron chi connectivity index (χ2n) is 1.99. The summed E-state index contributed by atoms with van der Waals surface area (Å²) in [5.74, 6) is -0.167. The van der Waals surface area contributed by atoms with Crippen molar-refractivity contribution in [3.05, 3.63) is 10.6 Å². The van der Waals surface area contributed by atoms with Crippen molar-refractivity contribution in [3.63, 3.8) is 0 Å². The molecule has 0 saturated heterocycles. The van der Waals surface area contributed by atoms with Gasteiger partial charge in [-0.1, -0.05) is 13.8 Å². The molecule has 0 bridgehead atoms. The lowest BCUT2D eigenvalue weighted by Crippen LogP contribution is -1.90. The van der Waals surface area contributed by atoms with Crippen LogP contribution >= 0.6 is 11.5 Å². The van der Waals surface area contributed by atoms with E-state index < -0.39 is 0 Å². The molecule has 68 valence electrons. The molecule has 1 N–H and O–H groups in total. The number of rotatable bonds is 1. The quantitative estimate of drug-likeness (QED) is 0.687. The molecule has 1 aromatic rings. The minimum absolute atomic E-state index is 0.0255. The number of Topliss-reactive ketones (excluding diaryl/α,β-unsaturated/α-hetero) is 1. The fourth-order valence-corrected chi connectivity index (χ4v) is 1.22. The van der Waals surface area contributed by atoms with Gasteiger partial charge in [0.05, 0.1) is 4.88 Å². The van der Waals surface area contributed by atoms with Gasteiger partial charge in [0.2, 0.25) is 0 Å². The smallest absolute Gasteiger partial charge is 0.183 e. The van der Waals surface area contributed by atoms with Crippen LogP contribution in [-0.4, -0.2) is 15.3 Å². The van der Waals surface area contributed by atoms with Crippen LogP contribution in [0.5, 0.6) is 5.75 Å². The molecular weight excluding hydrogens is 174 g/mol. The van der Waals surface area contributed by atoms with Crippen LogP contribution in [0.25, 0.3) is 0 Å². The minimum atomic E-state index is -0.193. The van der Waals surface area contributed by atoms with Crippen molar-refractivity contribution >= 4 is 17.3 Å². The van der Waals surface area contributed by atoms with Gasteiger partial charge in [0.1, 0.15) is 0 Å². The van der Waals surface area contributed by atoms with Gasteiger partial charge in [-0.2, -0.15) is 4.37 Å². The highest BCUT2D eigenvalue weighted by atomic mass is 32.1. The van der Waals surface area contributed by atoms with Crippen LogP contribution in [0.3, 0.4) is 0 Å². The Morgan fingerprint density at radius 2 is 2.00 bits per heavy atom. The van der Waals surface area contributed by atoms with Gasteiger partial charge in [-0.3, -0.25) is 4.79 Å². The van der Waals surface area contributed by atoms with Gasteiger partial charge in [-0.25, -0.2) is 0 Å². The Bertz CT molecular complexity index is 268. The number of aromatic nitrogens is 1. The van der Waals surface area contributed by atoms with Crippen LogP contribution in [-0.2, 0) is 0 Å². The summed E-state index contributed by atoms with van der Waals surface area (Å²) in [5.41, 5.74) is 0.183. The van der Waals surface area contributed by atoms with Crippen molar-refractivity contribution in [3.8, 4) is 5.75 Å². The van der Waals surface area contributed by atoms with Crippen LogP contribution in [0, 0.1) is 6.92 Å². The van der Waals surface area contributed by atoms with Crippen LogP contribution in [0.1, 0.15) is 36.1 Å². The molecule has 12 heavy (non-hydrogen) atoms. The van der Waals surface area contributed by atoms with Gasteiger partial charge in [-0.15, -0.1) is 0 Å². The van der Waals surface area contributed by atoms with E-state index >= 15 is 0 Å². The Hall–Kier alpha value is -0.900. The monoisotopic (exact) mass is 187 g/mol. The van der Waals surface area contributed by atoms with Gasteiger partial charge < -0.3 is 5.11 Å². The molecule has 0 aromatic carbocycles. The van der Waals surface area contributed by atoms with E-state index in [1.54, 1.807) is 6.92 Å². The number of carbonyl (C=O) groups is 1. The summed E-state index contributed by atoms with van der Waals surface area (Å²) in [6, 6.07) is 0. The summed E-state index contributed by atoms with van der Waals surface area (Å²) in [7, 11) is 0. The minimum Gasteiger partial charge on any atom is -0.504 e. The first-order chi connectivity index (χ1) is 5.63. The van der Waals surface area contributed by atoms with Crippen LogP contribution in [0.15, 0.2) is 0 Å². The maximum atomic E-state index is 10.7. The molecule has 4 heteroatoms. The first kappa shape index (κ1) is 11.1. The predicted molar refractivity (Wildman–Crippen MR) is 49.9 cm³/mol. The number of aromatic hydroxyl groups is 1. The predicted octanol–water partition coefficient (Wildman–Crippen LogP) is 2.39. The summed E-state index contributed by atoms with van der Waals surface area (Å²) in [6.07, 6.45) is 0. The van der Waals surface area contributed by atoms with Crippen molar-refractivity contribution in [2.24, 2.45) is 0 Å². The molecule has 0 atom stereocenters. The fourth-order valence-electron chi connectivity index (χ4n) is 0.598. The second-order valence-corrected chi connectivity index (χ2v) is 2.97. The zero-order valence-corrected chi connectivity index (χ0v) is 8.53. The van der Waals surface area contributed by atoms with E-state index in [0.29, 0.717) is 4.88 Å². The third-order valence-electron chi connectivity index (χ3n) is 1.17. The highest BCUT2D eigenvalue weighted by Gasteiger charge is 2.12. The third-order valence-corrected chi connectivity index (χ3v) is 1.91. The largest absolute Gasteiger partial charge is 0.504 e. The van der Waals surface area contributed by atoms with E-state index in [0.717, 1.165) is 11.5 Å². The first-order valence-corrected chi connectivity index (χ1v) is 4.56. The SMILES string of the molecule is CC.CC(=O)c1nsc(C)c1O. The number of ketones is 1. The molecular formula is C8H13NO2S. The molecule has 0 aliphatic carbocycles. The molecule has 0 aliphatic rings. The lowest BCUT2D eigenvalue weighted by molar-refractivity contribution is 0.101. The van der Waals surface area contributed by atoms with E-state index in [1.165, 1.54) is 6.92 Å². The van der Waals surface area contributed by atoms with Gasteiger partial charge in [0.25, 0.3) is 0 Å². The highest BCUT2D eigenvalue weighted by Crippen LogP contribution is 2.24. The zero-order valence-electron chi connectivity index (χ0n) is 7.71. The number of carbonyl (C=O) groups excluding carboxylic acids is 1. The molecule has 0 unspecified atom stereocenters. The number of hydrogen-bond donors (Lipinski definition) is 1. The summed E-state index contributed by atoms with van der Waals surface area (Å²) < 4.78 is 3.76. The standard InChI is InChI=1S/C6H7NO2S.C2H6/c1-3(8)5-6(9)4(2)10-7-5;1-2/h9H,1-2H3;1-2H3. The van der Waals surface area contributed by atoms with Crippen LogP contribution in [0.2, 0.25) is 0 Å². The van der Waals surface area contributed by atoms with Crippen LogP contribution in [0.4, 0.5) is 0 Å². The Balaban J connectivity index is 0.000000561. The topological polar surface area (TPSA) is 50.2 Å². The number of aryl methyl sites for hydroxylation is 1. The molecule has 0 saturated carbocycles. The van der Waals surface area contributed by atoms with Crippen LogP contribution < -0.4 is 0 Å². The maximum Gasteiger partial charge on any atom is 0.183 e. The lowest BCUT2D eigenvalue weighted by atomic mass is 10.3. The molecule has 1 heterocycles. The summed E-state index contributed by atoms with van der Waals surface area (Å²) in [4.78, 5) is 11.3. The first-order valence-electron chi connectivity index (χ1n) is 3.79. The Labute approximate surface area is 76.2 Å². The highest BCUT2D eigenvalue weighted by molar-refractivity contribution is 7.06. The average Bonchev–Trinajstić information content (AvgIpc) is 2.37. The maximum absolute atomic E-state index is 10.7. The van der Waals surface area contributed by atoms with E-state index in [2.05, 4.69) is 4.37 Å². The second kappa shape index (κ2) is 4.87. The number of nitrogens with zero attached hydrogens (tertiary/aromatic N) is 1. The van der Waals surface area contributed by atoms with E-state index in [1.807, 2.05) is 13.8 Å². The van der Waals surface area contributed by atoms with Gasteiger partial charge in [0, 0.05) is 6.92 Å². The van der Waals surface area contributed by atoms with Crippen molar-refractivity contribution in [2.45, 2.75) is 27.7 Å². The molecule has 0 aliphatic heterocycles. The number of hydrogen-bond acceptors (Lipinski definition) is 4. The summed E-state index contributed by atoms with van der Waals surface area (Å²) in [5, 5.41) is 9.14. The zero-order chi connectivity index (χ0) is 9.72. The van der Waals surface area contributed by atoms with Crippen molar-refractivity contribution in [2.75, 3.05) is 0 Å². The molecule has 0 fully saturated rings. The molecule has 0 amide bonds. The Morgan fingerprint density at radius 3 is 2.17 bits per heavy atom. The van der Waals surface area contributed by atoms with E-state index in [4.69, 9.17) is 5.11 Å². The summed E-state index contributed by atoms with van der Waals surface area (Å²) >= 11 is 1.14. The molecule has 1 aromatic heterocycles. The summed E-state index contributed by atoms with van der Waals surface area (Å²) in [6.45, 7) is 7.10. The van der Waals surface area contributed by atoms with Crippen molar-refractivity contribution in [1.82, 2.24) is 4.37 Å². The van der Waals surface area contributed by atoms with Crippen molar-refractivity contribution in [1.29, 1.82) is 0 Å². The fraction of sp³-hybridized carbons (Fsp3) is 0.500. The molecule has 3 nitrogen and oxygen atoms in total. The average molecular weight is 187 g/mol. The molecule has 0 spiro atoms. The third kappa shape index (κ3) is 2.30. The molecule has 1 rings (SSSR count). The van der Waals surface area contributed by atoms with Gasteiger partial charge in [0.15, 0.2) is 17.2 Å². The van der Waals surface area contributed by atoms with Crippen molar-refractivity contribution < 1.29 is 9.90 Å². The van der Waals surface area contributed by atoms with Gasteiger partial charge >= 0.3 is 0 Å². The van der Waals surface area contributed by atoms with Gasteiger partial charge in [-0.05, 0) is 18.5 Å². The van der Waals surface area contributed by atoms with E-state index in [9.17, 15) is 4.79 Å².